The Morgan fingerprint density at radius 2 is 2.10 bits per heavy atom. The highest BCUT2D eigenvalue weighted by Gasteiger charge is 2.21. The monoisotopic (exact) mass is 316 g/mol. The van der Waals surface area contributed by atoms with E-state index in [0.29, 0.717) is 15.8 Å². The second kappa shape index (κ2) is 7.16. The maximum Gasteiger partial charge on any atom is 0.260 e. The molecular formula is C14H18Cl2N2O2. The van der Waals surface area contributed by atoms with Gasteiger partial charge in [0.2, 0.25) is 0 Å². The topological polar surface area (TPSA) is 50.4 Å². The Morgan fingerprint density at radius 1 is 1.40 bits per heavy atom. The molecule has 1 heterocycles. The molecule has 1 aromatic carbocycles. The molecule has 1 aromatic rings. The molecule has 4 nitrogen and oxygen atoms in total. The van der Waals surface area contributed by atoms with E-state index < -0.39 is 6.10 Å². The van der Waals surface area contributed by atoms with Gasteiger partial charge in [-0.05, 0) is 45.0 Å². The number of nitrogens with one attached hydrogen (secondary N) is 2. The van der Waals surface area contributed by atoms with E-state index in [1.807, 2.05) is 0 Å². The zero-order chi connectivity index (χ0) is 14.5. The SMILES string of the molecule is CC(Oc1cccc(Cl)c1Cl)C(=O)NC1CCNCC1. The van der Waals surface area contributed by atoms with Gasteiger partial charge >= 0.3 is 0 Å². The lowest BCUT2D eigenvalue weighted by Gasteiger charge is -2.25. The molecule has 1 atom stereocenters. The summed E-state index contributed by atoms with van der Waals surface area (Å²) in [6.45, 7) is 3.56. The van der Waals surface area contributed by atoms with Gasteiger partial charge in [-0.2, -0.15) is 0 Å². The summed E-state index contributed by atoms with van der Waals surface area (Å²) in [4.78, 5) is 12.1. The second-order valence-corrected chi connectivity index (χ2v) is 5.63. The molecule has 0 radical (unpaired) electrons. The third kappa shape index (κ3) is 4.01. The number of hydrogen-bond donors (Lipinski definition) is 2. The van der Waals surface area contributed by atoms with Crippen molar-refractivity contribution in [3.8, 4) is 5.75 Å². The van der Waals surface area contributed by atoms with E-state index in [2.05, 4.69) is 10.6 Å². The highest BCUT2D eigenvalue weighted by molar-refractivity contribution is 6.42. The molecule has 2 rings (SSSR count). The quantitative estimate of drug-likeness (QED) is 0.897. The number of benzene rings is 1. The van der Waals surface area contributed by atoms with Crippen molar-refractivity contribution in [3.63, 3.8) is 0 Å². The molecule has 0 aliphatic carbocycles. The molecular weight excluding hydrogens is 299 g/mol. The van der Waals surface area contributed by atoms with Gasteiger partial charge in [0, 0.05) is 6.04 Å². The standard InChI is InChI=1S/C14H18Cl2N2O2/c1-9(14(19)18-10-5-7-17-8-6-10)20-12-4-2-3-11(15)13(12)16/h2-4,9-10,17H,5-8H2,1H3,(H,18,19). The van der Waals surface area contributed by atoms with E-state index >= 15 is 0 Å². The largest absolute Gasteiger partial charge is 0.479 e. The van der Waals surface area contributed by atoms with Crippen LogP contribution in [0.5, 0.6) is 5.75 Å². The third-order valence-corrected chi connectivity index (χ3v) is 4.08. The van der Waals surface area contributed by atoms with Gasteiger partial charge in [-0.25, -0.2) is 0 Å². The lowest BCUT2D eigenvalue weighted by molar-refractivity contribution is -0.128. The molecule has 2 N–H and O–H groups in total. The van der Waals surface area contributed by atoms with Gasteiger partial charge in [-0.1, -0.05) is 29.3 Å². The fourth-order valence-corrected chi connectivity index (χ4v) is 2.44. The Hall–Kier alpha value is -0.970. The van der Waals surface area contributed by atoms with Crippen LogP contribution in [0.4, 0.5) is 0 Å². The summed E-state index contributed by atoms with van der Waals surface area (Å²) in [6.07, 6.45) is 1.27. The maximum atomic E-state index is 12.1. The van der Waals surface area contributed by atoms with E-state index in [4.69, 9.17) is 27.9 Å². The Balaban J connectivity index is 1.91. The van der Waals surface area contributed by atoms with Crippen molar-refractivity contribution >= 4 is 29.1 Å². The van der Waals surface area contributed by atoms with E-state index in [1.165, 1.54) is 0 Å². The predicted octanol–water partition coefficient (Wildman–Crippen LogP) is 2.63. The summed E-state index contributed by atoms with van der Waals surface area (Å²) in [5.74, 6) is 0.292. The Kier molecular flexibility index (Phi) is 5.52. The average molecular weight is 317 g/mol. The summed E-state index contributed by atoms with van der Waals surface area (Å²) >= 11 is 11.9. The molecule has 0 saturated carbocycles. The first-order valence-corrected chi connectivity index (χ1v) is 7.45. The minimum absolute atomic E-state index is 0.132. The maximum absolute atomic E-state index is 12.1. The molecule has 1 saturated heterocycles. The van der Waals surface area contributed by atoms with Crippen molar-refractivity contribution in [2.75, 3.05) is 13.1 Å². The summed E-state index contributed by atoms with van der Waals surface area (Å²) in [5.41, 5.74) is 0. The smallest absolute Gasteiger partial charge is 0.260 e. The van der Waals surface area contributed by atoms with Crippen LogP contribution in [-0.4, -0.2) is 31.1 Å². The first-order valence-electron chi connectivity index (χ1n) is 6.69. The zero-order valence-electron chi connectivity index (χ0n) is 11.3. The molecule has 1 aliphatic rings. The van der Waals surface area contributed by atoms with Crippen LogP contribution in [0.1, 0.15) is 19.8 Å². The van der Waals surface area contributed by atoms with Crippen LogP contribution >= 0.6 is 23.2 Å². The summed E-state index contributed by atoms with van der Waals surface area (Å²) in [5, 5.41) is 6.99. The molecule has 110 valence electrons. The Morgan fingerprint density at radius 3 is 2.80 bits per heavy atom. The van der Waals surface area contributed by atoms with Crippen molar-refractivity contribution in [2.45, 2.75) is 31.9 Å². The molecule has 20 heavy (non-hydrogen) atoms. The number of amides is 1. The number of ether oxygens (including phenoxy) is 1. The van der Waals surface area contributed by atoms with Crippen molar-refractivity contribution in [1.82, 2.24) is 10.6 Å². The first-order chi connectivity index (χ1) is 9.58. The number of rotatable bonds is 4. The van der Waals surface area contributed by atoms with Gasteiger partial charge in [0.15, 0.2) is 6.10 Å². The van der Waals surface area contributed by atoms with Crippen molar-refractivity contribution in [1.29, 1.82) is 0 Å². The van der Waals surface area contributed by atoms with Crippen LogP contribution in [-0.2, 0) is 4.79 Å². The lowest BCUT2D eigenvalue weighted by atomic mass is 10.1. The highest BCUT2D eigenvalue weighted by atomic mass is 35.5. The molecule has 6 heteroatoms. The van der Waals surface area contributed by atoms with Crippen LogP contribution < -0.4 is 15.4 Å². The van der Waals surface area contributed by atoms with E-state index in [-0.39, 0.29) is 11.9 Å². The molecule has 1 unspecified atom stereocenters. The van der Waals surface area contributed by atoms with Crippen LogP contribution in [0.2, 0.25) is 10.0 Å². The fraction of sp³-hybridized carbons (Fsp3) is 0.500. The summed E-state index contributed by atoms with van der Waals surface area (Å²) < 4.78 is 5.59. The minimum atomic E-state index is -0.610. The Bertz CT molecular complexity index is 476. The predicted molar refractivity (Wildman–Crippen MR) is 80.6 cm³/mol. The molecule has 1 fully saturated rings. The molecule has 0 bridgehead atoms. The Labute approximate surface area is 128 Å². The van der Waals surface area contributed by atoms with Gasteiger partial charge in [-0.15, -0.1) is 0 Å². The summed E-state index contributed by atoms with van der Waals surface area (Å²) in [6, 6.07) is 5.32. The minimum Gasteiger partial charge on any atom is -0.479 e. The number of hydrogen-bond acceptors (Lipinski definition) is 3. The highest BCUT2D eigenvalue weighted by Crippen LogP contribution is 2.32. The number of carbonyl (C=O) groups excluding carboxylic acids is 1. The van der Waals surface area contributed by atoms with E-state index in [9.17, 15) is 4.79 Å². The normalized spacial score (nSPS) is 17.6. The number of carbonyl (C=O) groups is 1. The van der Waals surface area contributed by atoms with Gasteiger partial charge in [-0.3, -0.25) is 4.79 Å². The molecule has 0 aromatic heterocycles. The molecule has 0 spiro atoms. The fourth-order valence-electron chi connectivity index (χ4n) is 2.10. The first kappa shape index (κ1) is 15.4. The van der Waals surface area contributed by atoms with Crippen molar-refractivity contribution in [2.24, 2.45) is 0 Å². The number of piperidine rings is 1. The van der Waals surface area contributed by atoms with Gasteiger partial charge in [0.25, 0.3) is 5.91 Å². The van der Waals surface area contributed by atoms with Crippen molar-refractivity contribution in [3.05, 3.63) is 28.2 Å². The van der Waals surface area contributed by atoms with Gasteiger partial charge < -0.3 is 15.4 Å². The van der Waals surface area contributed by atoms with Crippen LogP contribution in [0.25, 0.3) is 0 Å². The average Bonchev–Trinajstić information content (AvgIpc) is 2.45. The van der Waals surface area contributed by atoms with Gasteiger partial charge in [0.05, 0.1) is 5.02 Å². The number of halogens is 2. The second-order valence-electron chi connectivity index (χ2n) is 4.84. The molecule has 1 amide bonds. The van der Waals surface area contributed by atoms with Crippen molar-refractivity contribution < 1.29 is 9.53 Å². The third-order valence-electron chi connectivity index (χ3n) is 3.27. The zero-order valence-corrected chi connectivity index (χ0v) is 12.8. The van der Waals surface area contributed by atoms with E-state index in [0.717, 1.165) is 25.9 Å². The molecule has 1 aliphatic heterocycles. The van der Waals surface area contributed by atoms with E-state index in [1.54, 1.807) is 25.1 Å². The van der Waals surface area contributed by atoms with Crippen LogP contribution in [0, 0.1) is 0 Å². The van der Waals surface area contributed by atoms with Crippen LogP contribution in [0.15, 0.2) is 18.2 Å². The van der Waals surface area contributed by atoms with Crippen LogP contribution in [0.3, 0.4) is 0 Å². The summed E-state index contributed by atoms with van der Waals surface area (Å²) in [7, 11) is 0. The van der Waals surface area contributed by atoms with Gasteiger partial charge in [0.1, 0.15) is 10.8 Å². The lowest BCUT2D eigenvalue weighted by Crippen LogP contribution is -2.47.